The summed E-state index contributed by atoms with van der Waals surface area (Å²) in [4.78, 5) is 13.0. The third-order valence-corrected chi connectivity index (χ3v) is 3.92. The first-order valence-electron chi connectivity index (χ1n) is 5.72. The number of aryl methyl sites for hydroxylation is 1. The molecule has 110 valence electrons. The van der Waals surface area contributed by atoms with Crippen molar-refractivity contribution >= 4 is 23.2 Å². The number of halogens is 3. The SMILES string of the molecule is CN1CC(c2cc(C(F)(F)F)n(C)n2)C(C(=O)O)C1=S. The van der Waals surface area contributed by atoms with Crippen molar-refractivity contribution < 1.29 is 23.1 Å². The predicted octanol–water partition coefficient (Wildman–Crippen LogP) is 1.50. The standard InChI is InChI=1S/C11H12F3N3O2S/c1-16-4-5(8(9(16)20)10(18)19)6-3-7(11(12,13)14)17(2)15-6/h3,5,8H,4H2,1-2H3,(H,18,19). The number of aromatic nitrogens is 2. The summed E-state index contributed by atoms with van der Waals surface area (Å²) < 4.78 is 39.0. The average molecular weight is 307 g/mol. The van der Waals surface area contributed by atoms with Crippen LogP contribution in [0.15, 0.2) is 6.07 Å². The Morgan fingerprint density at radius 3 is 2.55 bits per heavy atom. The van der Waals surface area contributed by atoms with E-state index in [2.05, 4.69) is 5.10 Å². The molecule has 1 aromatic rings. The number of carboxylic acid groups (broad SMARTS) is 1. The molecule has 20 heavy (non-hydrogen) atoms. The van der Waals surface area contributed by atoms with Gasteiger partial charge in [0, 0.05) is 26.6 Å². The van der Waals surface area contributed by atoms with Crippen LogP contribution in [0.2, 0.25) is 0 Å². The van der Waals surface area contributed by atoms with Crippen LogP contribution in [0.25, 0.3) is 0 Å². The Hall–Kier alpha value is -1.64. The van der Waals surface area contributed by atoms with E-state index in [1.54, 1.807) is 11.9 Å². The lowest BCUT2D eigenvalue weighted by Crippen LogP contribution is -2.26. The van der Waals surface area contributed by atoms with Gasteiger partial charge in [0.2, 0.25) is 0 Å². The summed E-state index contributed by atoms with van der Waals surface area (Å²) in [7, 11) is 2.80. The van der Waals surface area contributed by atoms with E-state index in [9.17, 15) is 23.1 Å². The van der Waals surface area contributed by atoms with Gasteiger partial charge in [-0.3, -0.25) is 9.48 Å². The molecule has 1 aliphatic heterocycles. The largest absolute Gasteiger partial charge is 0.481 e. The molecule has 1 fully saturated rings. The molecule has 1 N–H and O–H groups in total. The molecule has 2 heterocycles. The lowest BCUT2D eigenvalue weighted by Gasteiger charge is -2.10. The van der Waals surface area contributed by atoms with Crippen LogP contribution in [0.4, 0.5) is 13.2 Å². The van der Waals surface area contributed by atoms with Gasteiger partial charge in [-0.1, -0.05) is 12.2 Å². The van der Waals surface area contributed by atoms with E-state index in [1.807, 2.05) is 0 Å². The van der Waals surface area contributed by atoms with Crippen molar-refractivity contribution in [3.8, 4) is 0 Å². The van der Waals surface area contributed by atoms with E-state index in [-0.39, 0.29) is 17.2 Å². The summed E-state index contributed by atoms with van der Waals surface area (Å²) in [5.41, 5.74) is -0.809. The van der Waals surface area contributed by atoms with Gasteiger partial charge < -0.3 is 10.0 Å². The highest BCUT2D eigenvalue weighted by atomic mass is 32.1. The van der Waals surface area contributed by atoms with E-state index in [1.165, 1.54) is 7.05 Å². The van der Waals surface area contributed by atoms with Crippen LogP contribution in [0.1, 0.15) is 17.3 Å². The van der Waals surface area contributed by atoms with E-state index in [4.69, 9.17) is 12.2 Å². The second-order valence-corrected chi connectivity index (χ2v) is 5.14. The highest BCUT2D eigenvalue weighted by Gasteiger charge is 2.44. The highest BCUT2D eigenvalue weighted by Crippen LogP contribution is 2.36. The van der Waals surface area contributed by atoms with Crippen molar-refractivity contribution in [2.75, 3.05) is 13.6 Å². The van der Waals surface area contributed by atoms with Crippen LogP contribution in [0.5, 0.6) is 0 Å². The molecule has 0 radical (unpaired) electrons. The van der Waals surface area contributed by atoms with Crippen molar-refractivity contribution in [1.82, 2.24) is 14.7 Å². The molecule has 0 amide bonds. The number of alkyl halides is 3. The zero-order valence-corrected chi connectivity index (χ0v) is 11.5. The molecule has 5 nitrogen and oxygen atoms in total. The van der Waals surface area contributed by atoms with Gasteiger partial charge in [-0.2, -0.15) is 18.3 Å². The quantitative estimate of drug-likeness (QED) is 0.839. The molecule has 0 saturated carbocycles. The fourth-order valence-corrected chi connectivity index (χ4v) is 2.72. The van der Waals surface area contributed by atoms with Crippen LogP contribution in [0.3, 0.4) is 0 Å². The maximum Gasteiger partial charge on any atom is 0.433 e. The molecule has 2 rings (SSSR count). The Morgan fingerprint density at radius 1 is 1.50 bits per heavy atom. The number of carbonyl (C=O) groups is 1. The molecule has 0 aromatic carbocycles. The second kappa shape index (κ2) is 4.72. The molecule has 0 spiro atoms. The summed E-state index contributed by atoms with van der Waals surface area (Å²) >= 11 is 5.02. The number of hydrogen-bond donors (Lipinski definition) is 1. The summed E-state index contributed by atoms with van der Waals surface area (Å²) in [6, 6.07) is 0.891. The van der Waals surface area contributed by atoms with Crippen LogP contribution in [-0.2, 0) is 18.0 Å². The average Bonchev–Trinajstić information content (AvgIpc) is 2.80. The molecule has 1 aliphatic rings. The first-order chi connectivity index (χ1) is 9.12. The maximum atomic E-state index is 12.7. The molecule has 2 unspecified atom stereocenters. The van der Waals surface area contributed by atoms with Crippen LogP contribution < -0.4 is 0 Å². The first-order valence-corrected chi connectivity index (χ1v) is 6.12. The van der Waals surface area contributed by atoms with Crippen LogP contribution >= 0.6 is 12.2 Å². The number of thiocarbonyl (C=S) groups is 1. The minimum absolute atomic E-state index is 0.0962. The number of hydrogen-bond acceptors (Lipinski definition) is 3. The van der Waals surface area contributed by atoms with Crippen LogP contribution in [0, 0.1) is 5.92 Å². The molecular weight excluding hydrogens is 295 g/mol. The fourth-order valence-electron chi connectivity index (χ4n) is 2.38. The number of likely N-dealkylation sites (N-methyl/N-ethyl adjacent to an activating group) is 1. The summed E-state index contributed by atoms with van der Waals surface area (Å²) in [5, 5.41) is 13.0. The minimum atomic E-state index is -4.52. The zero-order chi connectivity index (χ0) is 15.2. The first kappa shape index (κ1) is 14.8. The Kier molecular flexibility index (Phi) is 3.49. The molecular formula is C11H12F3N3O2S. The summed E-state index contributed by atoms with van der Waals surface area (Å²) in [5.74, 6) is -2.85. The number of nitrogens with zero attached hydrogens (tertiary/aromatic N) is 3. The molecule has 1 aromatic heterocycles. The van der Waals surface area contributed by atoms with E-state index < -0.39 is 29.7 Å². The van der Waals surface area contributed by atoms with Gasteiger partial charge in [-0.25, -0.2) is 0 Å². The lowest BCUT2D eigenvalue weighted by molar-refractivity contribution is -0.143. The van der Waals surface area contributed by atoms with Gasteiger partial charge in [-0.15, -0.1) is 0 Å². The third-order valence-electron chi connectivity index (χ3n) is 3.35. The van der Waals surface area contributed by atoms with Gasteiger partial charge in [0.1, 0.15) is 11.6 Å². The molecule has 9 heteroatoms. The molecule has 0 aliphatic carbocycles. The number of carboxylic acids is 1. The van der Waals surface area contributed by atoms with Gasteiger partial charge in [0.05, 0.1) is 10.7 Å². The molecule has 1 saturated heterocycles. The van der Waals surface area contributed by atoms with E-state index in [0.29, 0.717) is 0 Å². The number of aliphatic carboxylic acids is 1. The monoisotopic (exact) mass is 307 g/mol. The summed E-state index contributed by atoms with van der Waals surface area (Å²) in [6.07, 6.45) is -4.52. The van der Waals surface area contributed by atoms with Crippen molar-refractivity contribution in [2.45, 2.75) is 12.1 Å². The lowest BCUT2D eigenvalue weighted by atomic mass is 9.93. The van der Waals surface area contributed by atoms with Gasteiger partial charge in [0.25, 0.3) is 0 Å². The third kappa shape index (κ3) is 2.37. The van der Waals surface area contributed by atoms with Crippen molar-refractivity contribution in [1.29, 1.82) is 0 Å². The zero-order valence-electron chi connectivity index (χ0n) is 10.7. The predicted molar refractivity (Wildman–Crippen MR) is 67.3 cm³/mol. The molecule has 2 atom stereocenters. The maximum absolute atomic E-state index is 12.7. The fraction of sp³-hybridized carbons (Fsp3) is 0.545. The number of likely N-dealkylation sites (tertiary alicyclic amines) is 1. The Morgan fingerprint density at radius 2 is 2.10 bits per heavy atom. The van der Waals surface area contributed by atoms with Crippen molar-refractivity contribution in [2.24, 2.45) is 13.0 Å². The van der Waals surface area contributed by atoms with E-state index in [0.717, 1.165) is 10.7 Å². The van der Waals surface area contributed by atoms with Gasteiger partial charge >= 0.3 is 12.1 Å². The second-order valence-electron chi connectivity index (χ2n) is 4.72. The van der Waals surface area contributed by atoms with Crippen molar-refractivity contribution in [3.63, 3.8) is 0 Å². The Labute approximate surface area is 118 Å². The Balaban J connectivity index is 2.41. The molecule has 0 bridgehead atoms. The van der Waals surface area contributed by atoms with Gasteiger partial charge in [0.15, 0.2) is 0 Å². The van der Waals surface area contributed by atoms with Gasteiger partial charge in [-0.05, 0) is 6.07 Å². The minimum Gasteiger partial charge on any atom is -0.481 e. The summed E-state index contributed by atoms with van der Waals surface area (Å²) in [6.45, 7) is 0.240. The normalized spacial score (nSPS) is 23.4. The van der Waals surface area contributed by atoms with Crippen molar-refractivity contribution in [3.05, 3.63) is 17.5 Å². The van der Waals surface area contributed by atoms with E-state index >= 15 is 0 Å². The topological polar surface area (TPSA) is 58.4 Å². The van der Waals surface area contributed by atoms with Crippen LogP contribution in [-0.4, -0.2) is 44.3 Å². The highest BCUT2D eigenvalue weighted by molar-refractivity contribution is 7.80. The number of rotatable bonds is 2. The Bertz CT molecular complexity index is 570. The smallest absolute Gasteiger partial charge is 0.433 e.